The van der Waals surface area contributed by atoms with Crippen LogP contribution in [-0.4, -0.2) is 38.4 Å². The second-order valence-corrected chi connectivity index (χ2v) is 13.1. The van der Waals surface area contributed by atoms with Crippen molar-refractivity contribution in [2.45, 2.75) is 39.5 Å². The van der Waals surface area contributed by atoms with E-state index < -0.39 is 11.9 Å². The molecule has 0 aliphatic carbocycles. The third-order valence-corrected chi connectivity index (χ3v) is 8.43. The summed E-state index contributed by atoms with van der Waals surface area (Å²) in [6.45, 7) is 12.4. The molecule has 0 aliphatic heterocycles. The summed E-state index contributed by atoms with van der Waals surface area (Å²) in [7, 11) is 0. The number of carbonyl (C=O) groups is 2. The van der Waals surface area contributed by atoms with Crippen molar-refractivity contribution in [3.63, 3.8) is 0 Å². The largest absolute Gasteiger partial charge is 0.494 e. The highest BCUT2D eigenvalue weighted by Gasteiger charge is 2.04. The van der Waals surface area contributed by atoms with Gasteiger partial charge in [0, 0.05) is 12.2 Å². The Morgan fingerprint density at radius 3 is 1.10 bits per heavy atom. The number of ether oxygens (including phenoxy) is 4. The highest BCUT2D eigenvalue weighted by atomic mass is 16.5. The van der Waals surface area contributed by atoms with Crippen LogP contribution in [0.4, 0.5) is 45.5 Å². The number of carbonyl (C=O) groups excluding carboxylic acids is 2. The van der Waals surface area contributed by atoms with Crippen molar-refractivity contribution in [3.8, 4) is 11.5 Å². The van der Waals surface area contributed by atoms with Crippen LogP contribution in [0.15, 0.2) is 175 Å². The van der Waals surface area contributed by atoms with Gasteiger partial charge in [-0.1, -0.05) is 13.2 Å². The number of hydrogen-bond donors (Lipinski definition) is 0. The molecule has 0 unspecified atom stereocenters. The fourth-order valence-corrected chi connectivity index (χ4v) is 5.14. The molecule has 0 saturated heterocycles. The molecule has 0 radical (unpaired) electrons. The van der Waals surface area contributed by atoms with Crippen molar-refractivity contribution < 1.29 is 28.5 Å². The van der Waals surface area contributed by atoms with Crippen molar-refractivity contribution in [3.05, 3.63) is 146 Å². The van der Waals surface area contributed by atoms with Crippen LogP contribution in [0.1, 0.15) is 36.8 Å². The van der Waals surface area contributed by atoms with Crippen molar-refractivity contribution in [1.29, 1.82) is 0 Å². The van der Waals surface area contributed by atoms with E-state index in [0.29, 0.717) is 73.4 Å². The van der Waals surface area contributed by atoms with Crippen LogP contribution in [0, 0.1) is 13.8 Å². The molecule has 0 aromatic heterocycles. The van der Waals surface area contributed by atoms with Crippen LogP contribution in [0.3, 0.4) is 0 Å². The number of hydrogen-bond acceptors (Lipinski definition) is 14. The number of esters is 2. The fraction of sp³-hybridized carbons (Fsp3) is 0.217. The number of rotatable bonds is 22. The summed E-state index contributed by atoms with van der Waals surface area (Å²) in [5.74, 6) is 0.615. The van der Waals surface area contributed by atoms with Gasteiger partial charge >= 0.3 is 11.9 Å². The lowest BCUT2D eigenvalue weighted by atomic mass is 10.2. The third kappa shape index (κ3) is 15.1. The van der Waals surface area contributed by atoms with E-state index in [1.54, 1.807) is 0 Å². The summed E-state index contributed by atoms with van der Waals surface area (Å²) in [4.78, 5) is 22.1. The zero-order chi connectivity index (χ0) is 42.4. The Labute approximate surface area is 349 Å². The average molecular weight is 807 g/mol. The SMILES string of the molecule is C=CC(=O)OCCCCOc1ccc(N=Nc2ccc(N=Nc3ccc(N=Nc4ccc(N=Nc5ccc(OCCCCOC(=O)C=C)cc5)c(C)c4)c(C)c3)cc2)cc1. The lowest BCUT2D eigenvalue weighted by molar-refractivity contribution is -0.138. The number of aryl methyl sites for hydroxylation is 2. The van der Waals surface area contributed by atoms with Gasteiger partial charge in [0.2, 0.25) is 0 Å². The van der Waals surface area contributed by atoms with Gasteiger partial charge in [-0.05, 0) is 160 Å². The number of azo groups is 4. The van der Waals surface area contributed by atoms with Crippen molar-refractivity contribution >= 4 is 57.4 Å². The molecular formula is C46H46N8O6. The Morgan fingerprint density at radius 2 is 0.733 bits per heavy atom. The van der Waals surface area contributed by atoms with Gasteiger partial charge in [0.25, 0.3) is 0 Å². The zero-order valence-electron chi connectivity index (χ0n) is 33.6. The second-order valence-electron chi connectivity index (χ2n) is 13.1. The summed E-state index contributed by atoms with van der Waals surface area (Å²) in [5.41, 5.74) is 7.36. The van der Waals surface area contributed by atoms with E-state index in [1.807, 2.05) is 123 Å². The highest BCUT2D eigenvalue weighted by Crippen LogP contribution is 2.31. The van der Waals surface area contributed by atoms with E-state index in [-0.39, 0.29) is 0 Å². The monoisotopic (exact) mass is 806 g/mol. The normalized spacial score (nSPS) is 11.4. The Kier molecular flexibility index (Phi) is 17.2. The first-order valence-electron chi connectivity index (χ1n) is 19.3. The van der Waals surface area contributed by atoms with Crippen LogP contribution >= 0.6 is 0 Å². The molecule has 0 atom stereocenters. The van der Waals surface area contributed by atoms with E-state index in [9.17, 15) is 9.59 Å². The van der Waals surface area contributed by atoms with Crippen molar-refractivity contribution in [2.75, 3.05) is 26.4 Å². The molecular weight excluding hydrogens is 761 g/mol. The lowest BCUT2D eigenvalue weighted by Gasteiger charge is -2.06. The van der Waals surface area contributed by atoms with Crippen LogP contribution in [-0.2, 0) is 19.1 Å². The van der Waals surface area contributed by atoms with E-state index in [2.05, 4.69) is 54.1 Å². The third-order valence-electron chi connectivity index (χ3n) is 8.43. The fourth-order valence-electron chi connectivity index (χ4n) is 5.14. The Hall–Kier alpha value is -7.48. The molecule has 0 bridgehead atoms. The minimum Gasteiger partial charge on any atom is -0.494 e. The number of benzene rings is 5. The van der Waals surface area contributed by atoms with E-state index in [0.717, 1.165) is 59.0 Å². The first-order chi connectivity index (χ1) is 29.3. The summed E-state index contributed by atoms with van der Waals surface area (Å²) in [6.07, 6.45) is 5.24. The van der Waals surface area contributed by atoms with Gasteiger partial charge in [0.1, 0.15) is 11.5 Å². The van der Waals surface area contributed by atoms with Gasteiger partial charge in [0.15, 0.2) is 0 Å². The molecule has 5 rings (SSSR count). The molecule has 0 N–H and O–H groups in total. The maximum absolute atomic E-state index is 11.1. The smallest absolute Gasteiger partial charge is 0.330 e. The van der Waals surface area contributed by atoms with Gasteiger partial charge < -0.3 is 18.9 Å². The van der Waals surface area contributed by atoms with Gasteiger partial charge in [0.05, 0.1) is 71.9 Å². The molecule has 0 spiro atoms. The van der Waals surface area contributed by atoms with Crippen LogP contribution in [0.2, 0.25) is 0 Å². The van der Waals surface area contributed by atoms with Crippen LogP contribution in [0.5, 0.6) is 11.5 Å². The summed E-state index contributed by atoms with van der Waals surface area (Å²) < 4.78 is 21.4. The average Bonchev–Trinajstić information content (AvgIpc) is 3.27. The molecule has 0 fully saturated rings. The van der Waals surface area contributed by atoms with Gasteiger partial charge in [-0.2, -0.15) is 40.9 Å². The standard InChI is InChI=1S/C46H46N8O6/c1-5-45(55)59-29-9-7-27-57-41-21-15-37(16-22-41)48-47-35-11-13-36(14-12-35)49-51-39-19-25-44(33(3)31-39)54-52-40-20-26-43(34(4)32-40)53-50-38-17-23-42(24-18-38)58-28-8-10-30-60-46(56)6-2/h5-6,11-26,31-32H,1-2,7-10,27-30H2,3-4H3. The molecule has 0 heterocycles. The second kappa shape index (κ2) is 23.7. The predicted molar refractivity (Wildman–Crippen MR) is 230 cm³/mol. The predicted octanol–water partition coefficient (Wildman–Crippen LogP) is 13.7. The van der Waals surface area contributed by atoms with Gasteiger partial charge in [-0.25, -0.2) is 9.59 Å². The molecule has 0 aliphatic rings. The minimum absolute atomic E-state index is 0.342. The number of unbranched alkanes of at least 4 members (excludes halogenated alkanes) is 2. The van der Waals surface area contributed by atoms with Gasteiger partial charge in [-0.3, -0.25) is 0 Å². The first-order valence-corrected chi connectivity index (χ1v) is 19.3. The molecule has 0 saturated carbocycles. The summed E-state index contributed by atoms with van der Waals surface area (Å²) in [5, 5.41) is 35.0. The van der Waals surface area contributed by atoms with Crippen LogP contribution < -0.4 is 9.47 Å². The summed E-state index contributed by atoms with van der Waals surface area (Å²) >= 11 is 0. The van der Waals surface area contributed by atoms with Crippen molar-refractivity contribution in [2.24, 2.45) is 40.9 Å². The molecule has 14 heteroatoms. The Balaban J connectivity index is 1.05. The quantitative estimate of drug-likeness (QED) is 0.0291. The lowest BCUT2D eigenvalue weighted by Crippen LogP contribution is -2.04. The number of nitrogens with zero attached hydrogens (tertiary/aromatic N) is 8. The Bertz CT molecular complexity index is 2320. The molecule has 306 valence electrons. The first kappa shape index (κ1) is 43.6. The molecule has 60 heavy (non-hydrogen) atoms. The Morgan fingerprint density at radius 1 is 0.433 bits per heavy atom. The minimum atomic E-state index is -0.418. The van der Waals surface area contributed by atoms with Crippen LogP contribution in [0.25, 0.3) is 0 Å². The van der Waals surface area contributed by atoms with E-state index >= 15 is 0 Å². The van der Waals surface area contributed by atoms with E-state index in [1.165, 1.54) is 0 Å². The van der Waals surface area contributed by atoms with Crippen molar-refractivity contribution in [1.82, 2.24) is 0 Å². The maximum atomic E-state index is 11.1. The topological polar surface area (TPSA) is 170 Å². The molecule has 5 aromatic rings. The highest BCUT2D eigenvalue weighted by molar-refractivity contribution is 5.81. The molecule has 0 amide bonds. The van der Waals surface area contributed by atoms with Gasteiger partial charge in [-0.15, -0.1) is 0 Å². The molecule has 14 nitrogen and oxygen atoms in total. The maximum Gasteiger partial charge on any atom is 0.330 e. The van der Waals surface area contributed by atoms with E-state index in [4.69, 9.17) is 18.9 Å². The summed E-state index contributed by atoms with van der Waals surface area (Å²) in [6, 6.07) is 33.2. The zero-order valence-corrected chi connectivity index (χ0v) is 33.6. The molecule has 5 aromatic carbocycles.